The molecule has 3 aromatic carbocycles. The standard InChI is InChI=1S/C29H26N6O2S/c1-2-8-24-23-16-19(13-14-25(23)32-31-24)26-33-34-29(38-26)30-20(15-18-9-4-3-5-10-18)17-35-27(36)21-11-6-7-12-22(21)28(35)37/h3-7,9-14,16,20H,2,8,15,17H2,1H3,(H,30,34)(H,31,32)/t20-/m0/s1. The van der Waals surface area contributed by atoms with Crippen molar-refractivity contribution in [3.8, 4) is 10.6 Å². The van der Waals surface area contributed by atoms with Crippen LogP contribution in [0.3, 0.4) is 0 Å². The number of aromatic amines is 1. The van der Waals surface area contributed by atoms with E-state index >= 15 is 0 Å². The molecule has 0 aliphatic carbocycles. The molecule has 0 fully saturated rings. The van der Waals surface area contributed by atoms with Crippen LogP contribution < -0.4 is 5.32 Å². The molecular formula is C29H26N6O2S. The number of hydrogen-bond acceptors (Lipinski definition) is 7. The fraction of sp³-hybridized carbons (Fsp3) is 0.207. The lowest BCUT2D eigenvalue weighted by molar-refractivity contribution is 0.0647. The molecule has 0 spiro atoms. The van der Waals surface area contributed by atoms with Gasteiger partial charge in [0.1, 0.15) is 5.01 Å². The summed E-state index contributed by atoms with van der Waals surface area (Å²) in [7, 11) is 0. The number of carbonyl (C=O) groups is 2. The normalized spacial score (nSPS) is 13.8. The first kappa shape index (κ1) is 24.0. The molecule has 1 aliphatic heterocycles. The summed E-state index contributed by atoms with van der Waals surface area (Å²) in [6.45, 7) is 2.36. The molecule has 9 heteroatoms. The van der Waals surface area contributed by atoms with E-state index in [1.54, 1.807) is 24.3 Å². The van der Waals surface area contributed by atoms with Gasteiger partial charge in [0, 0.05) is 17.5 Å². The summed E-state index contributed by atoms with van der Waals surface area (Å²) in [5, 5.41) is 22.4. The van der Waals surface area contributed by atoms with Crippen LogP contribution in [0.1, 0.15) is 45.3 Å². The fourth-order valence-electron chi connectivity index (χ4n) is 4.89. The highest BCUT2D eigenvalue weighted by molar-refractivity contribution is 7.18. The van der Waals surface area contributed by atoms with E-state index in [0.717, 1.165) is 45.6 Å². The van der Waals surface area contributed by atoms with E-state index in [4.69, 9.17) is 0 Å². The van der Waals surface area contributed by atoms with Crippen LogP contribution in [0.5, 0.6) is 0 Å². The van der Waals surface area contributed by atoms with Crippen molar-refractivity contribution < 1.29 is 9.59 Å². The number of anilines is 1. The van der Waals surface area contributed by atoms with Gasteiger partial charge in [-0.05, 0) is 48.7 Å². The predicted octanol–water partition coefficient (Wildman–Crippen LogP) is 5.35. The quantitative estimate of drug-likeness (QED) is 0.253. The molecule has 0 saturated heterocycles. The van der Waals surface area contributed by atoms with E-state index in [0.29, 0.717) is 22.7 Å². The zero-order valence-electron chi connectivity index (χ0n) is 20.8. The average molecular weight is 523 g/mol. The Morgan fingerprint density at radius 1 is 0.947 bits per heavy atom. The zero-order valence-corrected chi connectivity index (χ0v) is 21.7. The molecule has 1 atom stereocenters. The lowest BCUT2D eigenvalue weighted by Gasteiger charge is -2.23. The number of rotatable bonds is 9. The van der Waals surface area contributed by atoms with Crippen molar-refractivity contribution in [3.63, 3.8) is 0 Å². The molecule has 1 aliphatic rings. The maximum Gasteiger partial charge on any atom is 0.261 e. The minimum absolute atomic E-state index is 0.220. The average Bonchev–Trinajstić information content (AvgIpc) is 3.64. The molecule has 0 saturated carbocycles. The highest BCUT2D eigenvalue weighted by Gasteiger charge is 2.36. The number of amides is 2. The van der Waals surface area contributed by atoms with Crippen LogP contribution in [-0.2, 0) is 12.8 Å². The largest absolute Gasteiger partial charge is 0.355 e. The predicted molar refractivity (Wildman–Crippen MR) is 148 cm³/mol. The number of carbonyl (C=O) groups excluding carboxylic acids is 2. The zero-order chi connectivity index (χ0) is 26.1. The van der Waals surface area contributed by atoms with Crippen LogP contribution in [0.4, 0.5) is 5.13 Å². The second kappa shape index (κ2) is 10.2. The number of imide groups is 1. The van der Waals surface area contributed by atoms with E-state index in [1.807, 2.05) is 42.5 Å². The number of nitrogens with one attached hydrogen (secondary N) is 2. The van der Waals surface area contributed by atoms with E-state index in [9.17, 15) is 9.59 Å². The summed E-state index contributed by atoms with van der Waals surface area (Å²) in [5.74, 6) is -0.528. The molecule has 6 rings (SSSR count). The third-order valence-corrected chi connectivity index (χ3v) is 7.64. The van der Waals surface area contributed by atoms with Gasteiger partial charge in [-0.3, -0.25) is 19.6 Å². The molecule has 38 heavy (non-hydrogen) atoms. The van der Waals surface area contributed by atoms with E-state index < -0.39 is 0 Å². The van der Waals surface area contributed by atoms with Gasteiger partial charge in [0.25, 0.3) is 11.8 Å². The van der Waals surface area contributed by atoms with Crippen LogP contribution in [0.25, 0.3) is 21.5 Å². The maximum atomic E-state index is 13.0. The Balaban J connectivity index is 1.25. The molecule has 0 radical (unpaired) electrons. The Morgan fingerprint density at radius 3 is 2.42 bits per heavy atom. The molecule has 3 heterocycles. The molecule has 190 valence electrons. The third kappa shape index (κ3) is 4.56. The van der Waals surface area contributed by atoms with E-state index in [-0.39, 0.29) is 24.4 Å². The Bertz CT molecular complexity index is 1590. The topological polar surface area (TPSA) is 104 Å². The molecule has 2 amide bonds. The van der Waals surface area contributed by atoms with Crippen molar-refractivity contribution in [1.82, 2.24) is 25.3 Å². The summed E-state index contributed by atoms with van der Waals surface area (Å²) in [4.78, 5) is 27.4. The Kier molecular flexibility index (Phi) is 6.43. The second-order valence-corrected chi connectivity index (χ2v) is 10.4. The van der Waals surface area contributed by atoms with Gasteiger partial charge in [0.05, 0.1) is 28.4 Å². The number of aryl methyl sites for hydroxylation is 1. The maximum absolute atomic E-state index is 13.0. The van der Waals surface area contributed by atoms with Gasteiger partial charge >= 0.3 is 0 Å². The molecule has 2 aromatic heterocycles. The van der Waals surface area contributed by atoms with Crippen molar-refractivity contribution in [1.29, 1.82) is 0 Å². The third-order valence-electron chi connectivity index (χ3n) is 6.73. The van der Waals surface area contributed by atoms with Crippen molar-refractivity contribution in [2.45, 2.75) is 32.2 Å². The van der Waals surface area contributed by atoms with Crippen molar-refractivity contribution in [3.05, 3.63) is 95.2 Å². The smallest absolute Gasteiger partial charge is 0.261 e. The van der Waals surface area contributed by atoms with Crippen molar-refractivity contribution in [2.75, 3.05) is 11.9 Å². The summed E-state index contributed by atoms with van der Waals surface area (Å²) >= 11 is 1.45. The number of fused-ring (bicyclic) bond motifs is 2. The number of hydrogen-bond donors (Lipinski definition) is 2. The minimum atomic E-state index is -0.264. The lowest BCUT2D eigenvalue weighted by atomic mass is 10.1. The first-order chi connectivity index (χ1) is 18.6. The molecule has 0 bridgehead atoms. The SMILES string of the molecule is CCCc1n[nH]c2ccc(-c3nnc(N[C@@H](Cc4ccccc4)CN4C(=O)c5ccccc5C4=O)s3)cc12. The summed E-state index contributed by atoms with van der Waals surface area (Å²) in [6, 6.07) is 22.9. The van der Waals surface area contributed by atoms with Gasteiger partial charge in [-0.15, -0.1) is 10.2 Å². The summed E-state index contributed by atoms with van der Waals surface area (Å²) < 4.78 is 0. The van der Waals surface area contributed by atoms with Gasteiger partial charge in [-0.2, -0.15) is 5.10 Å². The van der Waals surface area contributed by atoms with Crippen molar-refractivity contribution in [2.24, 2.45) is 0 Å². The summed E-state index contributed by atoms with van der Waals surface area (Å²) in [5.41, 5.74) is 5.03. The number of H-pyrrole nitrogens is 1. The monoisotopic (exact) mass is 522 g/mol. The number of nitrogens with zero attached hydrogens (tertiary/aromatic N) is 4. The Labute approximate surface area is 223 Å². The van der Waals surface area contributed by atoms with Gasteiger partial charge < -0.3 is 5.32 Å². The molecular weight excluding hydrogens is 496 g/mol. The van der Waals surface area contributed by atoms with Gasteiger partial charge in [0.15, 0.2) is 0 Å². The highest BCUT2D eigenvalue weighted by atomic mass is 32.1. The minimum Gasteiger partial charge on any atom is -0.355 e. The van der Waals surface area contributed by atoms with Crippen LogP contribution in [0, 0.1) is 0 Å². The second-order valence-electron chi connectivity index (χ2n) is 9.39. The van der Waals surface area contributed by atoms with Crippen LogP contribution >= 0.6 is 11.3 Å². The molecule has 8 nitrogen and oxygen atoms in total. The molecule has 2 N–H and O–H groups in total. The van der Waals surface area contributed by atoms with Crippen LogP contribution in [0.15, 0.2) is 72.8 Å². The first-order valence-corrected chi connectivity index (χ1v) is 13.5. The summed E-state index contributed by atoms with van der Waals surface area (Å²) in [6.07, 6.45) is 2.54. The van der Waals surface area contributed by atoms with Crippen LogP contribution in [-0.4, -0.2) is 49.7 Å². The Morgan fingerprint density at radius 2 is 1.68 bits per heavy atom. The molecule has 0 unspecified atom stereocenters. The lowest BCUT2D eigenvalue weighted by Crippen LogP contribution is -2.41. The van der Waals surface area contributed by atoms with E-state index in [1.165, 1.54) is 16.2 Å². The van der Waals surface area contributed by atoms with E-state index in [2.05, 4.69) is 38.7 Å². The first-order valence-electron chi connectivity index (χ1n) is 12.7. The number of aromatic nitrogens is 4. The highest BCUT2D eigenvalue weighted by Crippen LogP contribution is 2.31. The van der Waals surface area contributed by atoms with Gasteiger partial charge in [-0.25, -0.2) is 0 Å². The number of benzene rings is 3. The van der Waals surface area contributed by atoms with Crippen LogP contribution in [0.2, 0.25) is 0 Å². The van der Waals surface area contributed by atoms with Gasteiger partial charge in [-0.1, -0.05) is 67.1 Å². The van der Waals surface area contributed by atoms with Crippen molar-refractivity contribution >= 4 is 39.2 Å². The molecule has 5 aromatic rings. The fourth-order valence-corrected chi connectivity index (χ4v) is 5.70. The Hall–Kier alpha value is -4.37. The van der Waals surface area contributed by atoms with Gasteiger partial charge in [0.2, 0.25) is 5.13 Å².